The molecule has 1 aromatic rings. The number of rotatable bonds is 8. The molecule has 1 saturated heterocycles. The van der Waals surface area contributed by atoms with Crippen LogP contribution in [0.2, 0.25) is 0 Å². The lowest BCUT2D eigenvalue weighted by atomic mass is 10.3. The number of nitrogens with zero attached hydrogens (tertiary/aromatic N) is 4. The van der Waals surface area contributed by atoms with Crippen LogP contribution in [-0.4, -0.2) is 71.4 Å². The van der Waals surface area contributed by atoms with Gasteiger partial charge in [-0.1, -0.05) is 0 Å². The van der Waals surface area contributed by atoms with E-state index in [4.69, 9.17) is 4.74 Å². The number of carbonyl (C=O) groups is 2. The number of carbonyl (C=O) groups excluding carboxylic acids is 2. The summed E-state index contributed by atoms with van der Waals surface area (Å²) in [6.45, 7) is 3.26. The number of aromatic nitrogens is 2. The van der Waals surface area contributed by atoms with Gasteiger partial charge in [0, 0.05) is 58.5 Å². The highest BCUT2D eigenvalue weighted by Gasteiger charge is 2.20. The van der Waals surface area contributed by atoms with Crippen LogP contribution in [0.4, 0.5) is 4.79 Å². The zero-order chi connectivity index (χ0) is 16.7. The summed E-state index contributed by atoms with van der Waals surface area (Å²) in [5, 5.41) is 6.99. The maximum absolute atomic E-state index is 12.3. The number of aryl methyl sites for hydroxylation is 1. The minimum atomic E-state index is -0.155. The summed E-state index contributed by atoms with van der Waals surface area (Å²) in [4.78, 5) is 27.4. The molecule has 0 radical (unpaired) electrons. The first-order valence-corrected chi connectivity index (χ1v) is 7.87. The van der Waals surface area contributed by atoms with E-state index in [9.17, 15) is 9.59 Å². The van der Waals surface area contributed by atoms with Gasteiger partial charge in [-0.2, -0.15) is 5.10 Å². The topological polar surface area (TPSA) is 79.7 Å². The highest BCUT2D eigenvalue weighted by Crippen LogP contribution is 2.08. The summed E-state index contributed by atoms with van der Waals surface area (Å²) >= 11 is 0. The average molecular weight is 323 g/mol. The molecule has 8 heteroatoms. The molecule has 2 rings (SSSR count). The summed E-state index contributed by atoms with van der Waals surface area (Å²) in [5.74, 6) is 0.172. The number of hydrogen-bond donors (Lipinski definition) is 1. The summed E-state index contributed by atoms with van der Waals surface area (Å²) in [6, 6.07) is -0.155. The monoisotopic (exact) mass is 323 g/mol. The number of nitrogens with one attached hydrogen (secondary N) is 1. The molecule has 1 fully saturated rings. The van der Waals surface area contributed by atoms with Crippen molar-refractivity contribution in [1.82, 2.24) is 24.9 Å². The Bertz CT molecular complexity index is 531. The van der Waals surface area contributed by atoms with Crippen molar-refractivity contribution in [3.8, 4) is 0 Å². The van der Waals surface area contributed by atoms with Crippen LogP contribution in [0.15, 0.2) is 12.4 Å². The van der Waals surface area contributed by atoms with Gasteiger partial charge in [0.25, 0.3) is 0 Å². The van der Waals surface area contributed by atoms with Crippen molar-refractivity contribution in [1.29, 1.82) is 0 Å². The van der Waals surface area contributed by atoms with Gasteiger partial charge in [0.05, 0.1) is 19.3 Å². The van der Waals surface area contributed by atoms with E-state index in [1.54, 1.807) is 27.8 Å². The van der Waals surface area contributed by atoms with Crippen LogP contribution in [0.5, 0.6) is 0 Å². The lowest BCUT2D eigenvalue weighted by Crippen LogP contribution is -2.44. The zero-order valence-corrected chi connectivity index (χ0v) is 13.8. The third-order valence-electron chi connectivity index (χ3n) is 3.81. The molecule has 0 unspecified atom stereocenters. The molecule has 2 heterocycles. The van der Waals surface area contributed by atoms with E-state index in [2.05, 4.69) is 10.4 Å². The SMILES string of the molecule is COCCN(Cc1cnn(C)c1)C(=O)NCCN1CCCC1=O. The number of amides is 3. The summed E-state index contributed by atoms with van der Waals surface area (Å²) in [7, 11) is 3.45. The number of hydrogen-bond acceptors (Lipinski definition) is 4. The fourth-order valence-corrected chi connectivity index (χ4v) is 2.58. The third-order valence-corrected chi connectivity index (χ3v) is 3.81. The molecular weight excluding hydrogens is 298 g/mol. The maximum atomic E-state index is 12.3. The zero-order valence-electron chi connectivity index (χ0n) is 13.8. The van der Waals surface area contributed by atoms with Crippen LogP contribution in [-0.2, 0) is 23.1 Å². The molecule has 128 valence electrons. The summed E-state index contributed by atoms with van der Waals surface area (Å²) in [5.41, 5.74) is 0.966. The summed E-state index contributed by atoms with van der Waals surface area (Å²) in [6.07, 6.45) is 5.16. The van der Waals surface area contributed by atoms with Gasteiger partial charge in [-0.05, 0) is 6.42 Å². The Morgan fingerprint density at radius 3 is 2.96 bits per heavy atom. The van der Waals surface area contributed by atoms with Crippen LogP contribution >= 0.6 is 0 Å². The van der Waals surface area contributed by atoms with Crippen LogP contribution in [0.3, 0.4) is 0 Å². The smallest absolute Gasteiger partial charge is 0.317 e. The molecule has 1 aromatic heterocycles. The molecule has 1 N–H and O–H groups in total. The Morgan fingerprint density at radius 2 is 2.35 bits per heavy atom. The van der Waals surface area contributed by atoms with Gasteiger partial charge in [0.1, 0.15) is 0 Å². The first-order chi connectivity index (χ1) is 11.1. The Balaban J connectivity index is 1.81. The lowest BCUT2D eigenvalue weighted by Gasteiger charge is -2.23. The molecule has 3 amide bonds. The fourth-order valence-electron chi connectivity index (χ4n) is 2.58. The van der Waals surface area contributed by atoms with Crippen molar-refractivity contribution in [2.24, 2.45) is 7.05 Å². The van der Waals surface area contributed by atoms with Gasteiger partial charge in [-0.25, -0.2) is 4.79 Å². The van der Waals surface area contributed by atoms with Crippen molar-refractivity contribution < 1.29 is 14.3 Å². The predicted octanol–water partition coefficient (Wildman–Crippen LogP) is 0.201. The van der Waals surface area contributed by atoms with E-state index in [0.29, 0.717) is 39.2 Å². The number of ether oxygens (including phenoxy) is 1. The largest absolute Gasteiger partial charge is 0.383 e. The highest BCUT2D eigenvalue weighted by atomic mass is 16.5. The van der Waals surface area contributed by atoms with E-state index < -0.39 is 0 Å². The maximum Gasteiger partial charge on any atom is 0.317 e. The van der Waals surface area contributed by atoms with E-state index in [1.807, 2.05) is 13.2 Å². The molecule has 1 aliphatic rings. The quantitative estimate of drug-likeness (QED) is 0.741. The molecule has 0 bridgehead atoms. The fraction of sp³-hybridized carbons (Fsp3) is 0.667. The number of methoxy groups -OCH3 is 1. The van der Waals surface area contributed by atoms with Gasteiger partial charge in [-0.15, -0.1) is 0 Å². The van der Waals surface area contributed by atoms with E-state index in [1.165, 1.54) is 0 Å². The Labute approximate surface area is 136 Å². The molecule has 1 aliphatic heterocycles. The van der Waals surface area contributed by atoms with Crippen LogP contribution < -0.4 is 5.32 Å². The first-order valence-electron chi connectivity index (χ1n) is 7.87. The molecule has 8 nitrogen and oxygen atoms in total. The molecule has 23 heavy (non-hydrogen) atoms. The van der Waals surface area contributed by atoms with Gasteiger partial charge in [0.2, 0.25) is 5.91 Å². The van der Waals surface area contributed by atoms with Crippen molar-refractivity contribution in [2.45, 2.75) is 19.4 Å². The molecular formula is C15H25N5O3. The predicted molar refractivity (Wildman–Crippen MR) is 84.7 cm³/mol. The highest BCUT2D eigenvalue weighted by molar-refractivity contribution is 5.78. The first kappa shape index (κ1) is 17.3. The van der Waals surface area contributed by atoms with E-state index >= 15 is 0 Å². The molecule has 0 aliphatic carbocycles. The van der Waals surface area contributed by atoms with Crippen molar-refractivity contribution in [2.75, 3.05) is 39.9 Å². The second-order valence-corrected chi connectivity index (χ2v) is 5.65. The van der Waals surface area contributed by atoms with Gasteiger partial charge < -0.3 is 19.9 Å². The van der Waals surface area contributed by atoms with Gasteiger partial charge in [0.15, 0.2) is 0 Å². The number of urea groups is 1. The van der Waals surface area contributed by atoms with Gasteiger partial charge >= 0.3 is 6.03 Å². The van der Waals surface area contributed by atoms with Crippen molar-refractivity contribution >= 4 is 11.9 Å². The molecule has 0 spiro atoms. The molecule has 0 aromatic carbocycles. The molecule has 0 atom stereocenters. The second-order valence-electron chi connectivity index (χ2n) is 5.65. The Hall–Kier alpha value is -2.09. The standard InChI is InChI=1S/C15H25N5O3/c1-18-11-13(10-17-18)12-20(8-9-23-2)15(22)16-5-7-19-6-3-4-14(19)21/h10-11H,3-9,12H2,1-2H3,(H,16,22). The van der Waals surface area contributed by atoms with Crippen LogP contribution in [0, 0.1) is 0 Å². The summed E-state index contributed by atoms with van der Waals surface area (Å²) < 4.78 is 6.78. The lowest BCUT2D eigenvalue weighted by molar-refractivity contribution is -0.127. The normalized spacial score (nSPS) is 14.3. The van der Waals surface area contributed by atoms with E-state index in [-0.39, 0.29) is 11.9 Å². The van der Waals surface area contributed by atoms with E-state index in [0.717, 1.165) is 18.5 Å². The van der Waals surface area contributed by atoms with Gasteiger partial charge in [-0.3, -0.25) is 9.48 Å². The van der Waals surface area contributed by atoms with Crippen molar-refractivity contribution in [3.05, 3.63) is 18.0 Å². The average Bonchev–Trinajstić information content (AvgIpc) is 3.12. The molecule has 0 saturated carbocycles. The Morgan fingerprint density at radius 1 is 1.52 bits per heavy atom. The van der Waals surface area contributed by atoms with Crippen molar-refractivity contribution in [3.63, 3.8) is 0 Å². The minimum absolute atomic E-state index is 0.155. The second kappa shape index (κ2) is 8.52. The van der Waals surface area contributed by atoms with Crippen LogP contribution in [0.25, 0.3) is 0 Å². The third kappa shape index (κ3) is 5.24. The van der Waals surface area contributed by atoms with Crippen LogP contribution in [0.1, 0.15) is 18.4 Å². The number of likely N-dealkylation sites (tertiary alicyclic amines) is 1. The minimum Gasteiger partial charge on any atom is -0.383 e. The Kier molecular flexibility index (Phi) is 6.40.